The minimum absolute atomic E-state index is 0.161. The summed E-state index contributed by atoms with van der Waals surface area (Å²) in [6.45, 7) is 1.67. The monoisotopic (exact) mass is 322 g/mol. The van der Waals surface area contributed by atoms with Crippen LogP contribution in [0, 0.1) is 0 Å². The molecule has 2 rings (SSSR count). The molecule has 0 bridgehead atoms. The van der Waals surface area contributed by atoms with Gasteiger partial charge in [0.2, 0.25) is 0 Å². The molecule has 122 valence electrons. The van der Waals surface area contributed by atoms with Gasteiger partial charge in [-0.3, -0.25) is 4.79 Å². The molecule has 0 aliphatic heterocycles. The number of carboxylic acids is 1. The lowest BCUT2D eigenvalue weighted by Crippen LogP contribution is -1.99. The molecule has 4 nitrogen and oxygen atoms in total. The number of benzene rings is 2. The zero-order valence-electron chi connectivity index (χ0n) is 13.5. The van der Waals surface area contributed by atoms with Crippen molar-refractivity contribution >= 4 is 23.4 Å². The number of methoxy groups -OCH3 is 1. The lowest BCUT2D eigenvalue weighted by atomic mass is 10.00. The second-order valence-corrected chi connectivity index (χ2v) is 5.19. The molecule has 24 heavy (non-hydrogen) atoms. The van der Waals surface area contributed by atoms with E-state index >= 15 is 0 Å². The molecule has 0 aliphatic carbocycles. The third-order valence-electron chi connectivity index (χ3n) is 3.48. The quantitative estimate of drug-likeness (QED) is 0.643. The van der Waals surface area contributed by atoms with Crippen molar-refractivity contribution in [2.24, 2.45) is 0 Å². The Morgan fingerprint density at radius 2 is 1.79 bits per heavy atom. The van der Waals surface area contributed by atoms with Gasteiger partial charge in [0.05, 0.1) is 7.11 Å². The van der Waals surface area contributed by atoms with E-state index in [-0.39, 0.29) is 5.78 Å². The molecule has 0 radical (unpaired) electrons. The van der Waals surface area contributed by atoms with E-state index in [4.69, 9.17) is 9.84 Å². The van der Waals surface area contributed by atoms with E-state index < -0.39 is 5.97 Å². The van der Waals surface area contributed by atoms with Crippen LogP contribution in [0.15, 0.2) is 60.7 Å². The molecule has 0 atom stereocenters. The third kappa shape index (κ3) is 4.43. The Morgan fingerprint density at radius 3 is 2.42 bits per heavy atom. The summed E-state index contributed by atoms with van der Waals surface area (Å²) in [5.41, 5.74) is 2.50. The number of carbonyl (C=O) groups excluding carboxylic acids is 1. The number of hydrogen-bond acceptors (Lipinski definition) is 3. The Bertz CT molecular complexity index is 802. The van der Waals surface area contributed by atoms with E-state index in [0.29, 0.717) is 22.4 Å². The first-order chi connectivity index (χ1) is 11.5. The number of carboxylic acid groups (broad SMARTS) is 1. The largest absolute Gasteiger partial charge is 0.496 e. The van der Waals surface area contributed by atoms with Crippen LogP contribution in [0.3, 0.4) is 0 Å². The molecular formula is C20H18O4. The fourth-order valence-electron chi connectivity index (χ4n) is 2.26. The zero-order valence-corrected chi connectivity index (χ0v) is 13.5. The molecular weight excluding hydrogens is 304 g/mol. The normalized spacial score (nSPS) is 11.5. The maximum absolute atomic E-state index is 12.4. The van der Waals surface area contributed by atoms with Crippen molar-refractivity contribution in [1.29, 1.82) is 0 Å². The number of allylic oxidation sites excluding steroid dienone is 2. The van der Waals surface area contributed by atoms with Gasteiger partial charge in [0.1, 0.15) is 5.75 Å². The van der Waals surface area contributed by atoms with Crippen molar-refractivity contribution in [2.45, 2.75) is 6.92 Å². The lowest BCUT2D eigenvalue weighted by molar-refractivity contribution is -0.131. The average molecular weight is 322 g/mol. The molecule has 2 aromatic rings. The van der Waals surface area contributed by atoms with E-state index in [0.717, 1.165) is 11.6 Å². The van der Waals surface area contributed by atoms with Crippen LogP contribution in [0.1, 0.15) is 28.4 Å². The first-order valence-corrected chi connectivity index (χ1v) is 7.38. The predicted octanol–water partition coefficient (Wildman–Crippen LogP) is 4.08. The van der Waals surface area contributed by atoms with Crippen LogP contribution in [-0.4, -0.2) is 24.0 Å². The van der Waals surface area contributed by atoms with E-state index in [2.05, 4.69) is 0 Å². The molecule has 0 unspecified atom stereocenters. The maximum atomic E-state index is 12.4. The minimum Gasteiger partial charge on any atom is -0.496 e. The van der Waals surface area contributed by atoms with Crippen molar-refractivity contribution in [3.05, 3.63) is 77.4 Å². The summed E-state index contributed by atoms with van der Waals surface area (Å²) in [4.78, 5) is 23.2. The Labute approximate surface area is 140 Å². The number of aliphatic carboxylic acids is 1. The highest BCUT2D eigenvalue weighted by molar-refractivity contribution is 6.07. The summed E-state index contributed by atoms with van der Waals surface area (Å²) in [7, 11) is 1.50. The van der Waals surface area contributed by atoms with E-state index in [1.54, 1.807) is 31.2 Å². The highest BCUT2D eigenvalue weighted by atomic mass is 16.5. The lowest BCUT2D eigenvalue weighted by Gasteiger charge is -2.10. The van der Waals surface area contributed by atoms with Crippen LogP contribution in [0.5, 0.6) is 5.75 Å². The summed E-state index contributed by atoms with van der Waals surface area (Å²) in [5, 5.41) is 8.90. The van der Waals surface area contributed by atoms with Gasteiger partial charge in [-0.1, -0.05) is 36.4 Å². The average Bonchev–Trinajstić information content (AvgIpc) is 2.59. The molecule has 0 saturated carbocycles. The Balaban J connectivity index is 2.32. The first-order valence-electron chi connectivity index (χ1n) is 7.38. The van der Waals surface area contributed by atoms with Crippen LogP contribution in [0.2, 0.25) is 0 Å². The molecule has 0 aliphatic rings. The molecule has 0 saturated heterocycles. The van der Waals surface area contributed by atoms with E-state index in [1.807, 2.05) is 30.3 Å². The van der Waals surface area contributed by atoms with Gasteiger partial charge >= 0.3 is 5.97 Å². The van der Waals surface area contributed by atoms with Crippen molar-refractivity contribution < 1.29 is 19.4 Å². The Hall–Kier alpha value is -3.14. The molecule has 4 heteroatoms. The van der Waals surface area contributed by atoms with Crippen LogP contribution in [-0.2, 0) is 4.79 Å². The van der Waals surface area contributed by atoms with Gasteiger partial charge in [0.25, 0.3) is 0 Å². The fourth-order valence-corrected chi connectivity index (χ4v) is 2.26. The Morgan fingerprint density at radius 1 is 1.08 bits per heavy atom. The fraction of sp³-hybridized carbons (Fsp3) is 0.100. The van der Waals surface area contributed by atoms with Gasteiger partial charge in [-0.25, -0.2) is 4.79 Å². The third-order valence-corrected chi connectivity index (χ3v) is 3.48. The van der Waals surface area contributed by atoms with Crippen molar-refractivity contribution in [3.63, 3.8) is 0 Å². The van der Waals surface area contributed by atoms with Gasteiger partial charge in [-0.05, 0) is 42.3 Å². The number of rotatable bonds is 6. The van der Waals surface area contributed by atoms with Crippen LogP contribution >= 0.6 is 0 Å². The number of hydrogen-bond donors (Lipinski definition) is 1. The summed E-state index contributed by atoms with van der Waals surface area (Å²) in [6.07, 6.45) is 4.33. The van der Waals surface area contributed by atoms with Crippen molar-refractivity contribution in [3.8, 4) is 5.75 Å². The molecule has 0 spiro atoms. The highest BCUT2D eigenvalue weighted by Gasteiger charge is 2.10. The molecule has 2 aromatic carbocycles. The molecule has 0 heterocycles. The standard InChI is InChI=1S/C20H18O4/c1-14(12-20(22)23)17-13-16(9-11-19(17)24-2)18(21)10-8-15-6-4-3-5-7-15/h3-13H,1-2H3,(H,22,23). The van der Waals surface area contributed by atoms with Crippen LogP contribution in [0.4, 0.5) is 0 Å². The molecule has 0 amide bonds. The maximum Gasteiger partial charge on any atom is 0.328 e. The summed E-state index contributed by atoms with van der Waals surface area (Å²) in [6, 6.07) is 14.5. The number of ether oxygens (including phenoxy) is 1. The SMILES string of the molecule is COc1ccc(C(=O)C=Cc2ccccc2)cc1C(C)=CC(=O)O. The second kappa shape index (κ2) is 7.92. The summed E-state index contributed by atoms with van der Waals surface area (Å²) >= 11 is 0. The zero-order chi connectivity index (χ0) is 17.5. The van der Waals surface area contributed by atoms with Crippen LogP contribution in [0.25, 0.3) is 11.6 Å². The van der Waals surface area contributed by atoms with Crippen molar-refractivity contribution in [1.82, 2.24) is 0 Å². The van der Waals surface area contributed by atoms with Crippen LogP contribution < -0.4 is 4.74 Å². The predicted molar refractivity (Wildman–Crippen MR) is 94.1 cm³/mol. The van der Waals surface area contributed by atoms with Gasteiger partial charge in [-0.2, -0.15) is 0 Å². The summed E-state index contributed by atoms with van der Waals surface area (Å²) < 4.78 is 5.25. The Kier molecular flexibility index (Phi) is 5.68. The van der Waals surface area contributed by atoms with Gasteiger partial charge < -0.3 is 9.84 Å². The smallest absolute Gasteiger partial charge is 0.328 e. The number of carbonyl (C=O) groups is 2. The van der Waals surface area contributed by atoms with Crippen molar-refractivity contribution in [2.75, 3.05) is 7.11 Å². The first kappa shape index (κ1) is 17.2. The van der Waals surface area contributed by atoms with Gasteiger partial charge in [0, 0.05) is 17.2 Å². The molecule has 0 fully saturated rings. The second-order valence-electron chi connectivity index (χ2n) is 5.19. The van der Waals surface area contributed by atoms with E-state index in [1.165, 1.54) is 13.2 Å². The summed E-state index contributed by atoms with van der Waals surface area (Å²) in [5.74, 6) is -0.685. The highest BCUT2D eigenvalue weighted by Crippen LogP contribution is 2.27. The van der Waals surface area contributed by atoms with E-state index in [9.17, 15) is 9.59 Å². The minimum atomic E-state index is -1.05. The molecule has 1 N–H and O–H groups in total. The number of ketones is 1. The topological polar surface area (TPSA) is 63.6 Å². The van der Waals surface area contributed by atoms with Gasteiger partial charge in [0.15, 0.2) is 5.78 Å². The van der Waals surface area contributed by atoms with Gasteiger partial charge in [-0.15, -0.1) is 0 Å². The molecule has 0 aromatic heterocycles.